The Morgan fingerprint density at radius 3 is 2.52 bits per heavy atom. The Morgan fingerprint density at radius 2 is 1.75 bits per heavy atom. The van der Waals surface area contributed by atoms with E-state index in [2.05, 4.69) is 25.9 Å². The molecule has 12 nitrogen and oxygen atoms in total. The number of nitrogens with zero attached hydrogens (tertiary/aromatic N) is 3. The monoisotopic (exact) mass is 656 g/mol. The molecule has 250 valence electrons. The molecule has 0 unspecified atom stereocenters. The fraction of sp³-hybridized carbons (Fsp3) is 0.314. The number of methoxy groups -OCH3 is 1. The zero-order valence-electron chi connectivity index (χ0n) is 26.8. The average Bonchev–Trinajstić information content (AvgIpc) is 3.10. The molecule has 0 spiro atoms. The largest absolute Gasteiger partial charge is 0.493 e. The predicted octanol–water partition coefficient (Wildman–Crippen LogP) is 4.14. The summed E-state index contributed by atoms with van der Waals surface area (Å²) in [6.07, 6.45) is 4.33. The molecule has 48 heavy (non-hydrogen) atoms. The lowest BCUT2D eigenvalue weighted by Gasteiger charge is -2.23. The standard InChI is InChI=1S/C35H37FN6O6/c1-3-26-34(45)40-21-22-7-11-29(25(36)18-22)48-31-20-23(9-12-30(31)47-2)33(44)39-13-5-17-42(16-4-6-32(43)41-26)35(46)24-8-10-27-28(19-24)38-15-14-37-27/h7-12,14-15,18-20,26H,3-6,13,16-17,21H2,1-2H3,(H,39,44)(H,40,45)(H,41,43)/t26-/m0/s1. The minimum Gasteiger partial charge on any atom is -0.493 e. The second-order valence-corrected chi connectivity index (χ2v) is 11.2. The number of halogens is 1. The quantitative estimate of drug-likeness (QED) is 0.298. The summed E-state index contributed by atoms with van der Waals surface area (Å²) in [6.45, 7) is 2.61. The molecule has 4 aromatic rings. The number of amides is 4. The molecular weight excluding hydrogens is 619 g/mol. The highest BCUT2D eigenvalue weighted by molar-refractivity contribution is 5.97. The zero-order valence-corrected chi connectivity index (χ0v) is 26.8. The van der Waals surface area contributed by atoms with E-state index < -0.39 is 17.8 Å². The van der Waals surface area contributed by atoms with Crippen molar-refractivity contribution in [1.29, 1.82) is 0 Å². The second kappa shape index (κ2) is 15.8. The smallest absolute Gasteiger partial charge is 0.253 e. The molecule has 0 saturated heterocycles. The van der Waals surface area contributed by atoms with Crippen molar-refractivity contribution < 1.29 is 33.0 Å². The van der Waals surface area contributed by atoms with Crippen molar-refractivity contribution in [3.05, 3.63) is 89.5 Å². The van der Waals surface area contributed by atoms with Crippen LogP contribution < -0.4 is 25.4 Å². The molecule has 1 atom stereocenters. The zero-order chi connectivity index (χ0) is 34.0. The summed E-state index contributed by atoms with van der Waals surface area (Å²) in [5.41, 5.74) is 2.41. The van der Waals surface area contributed by atoms with Crippen LogP contribution in [0.25, 0.3) is 11.0 Å². The van der Waals surface area contributed by atoms with Crippen LogP contribution in [0, 0.1) is 5.82 Å². The van der Waals surface area contributed by atoms with Gasteiger partial charge in [-0.1, -0.05) is 13.0 Å². The van der Waals surface area contributed by atoms with Crippen LogP contribution in [0.15, 0.2) is 67.0 Å². The second-order valence-electron chi connectivity index (χ2n) is 11.2. The van der Waals surface area contributed by atoms with Gasteiger partial charge in [-0.3, -0.25) is 29.1 Å². The van der Waals surface area contributed by atoms with Crippen molar-refractivity contribution in [2.24, 2.45) is 0 Å². The number of nitrogens with one attached hydrogen (secondary N) is 3. The topological polar surface area (TPSA) is 152 Å². The summed E-state index contributed by atoms with van der Waals surface area (Å²) in [5.74, 6) is -1.70. The number of hydrogen-bond acceptors (Lipinski definition) is 8. The van der Waals surface area contributed by atoms with Crippen LogP contribution in [0.3, 0.4) is 0 Å². The van der Waals surface area contributed by atoms with Gasteiger partial charge in [0.05, 0.1) is 18.1 Å². The van der Waals surface area contributed by atoms with Crippen LogP contribution in [-0.2, 0) is 16.1 Å². The SMILES string of the molecule is CC[C@@H]1NC(=O)CCCN(C(=O)c2ccc3nccnc3c2)CCCNC(=O)c2ccc(OC)c(c2)Oc2ccc(cc2F)CNC1=O. The molecule has 2 aliphatic rings. The van der Waals surface area contributed by atoms with Gasteiger partial charge in [0.1, 0.15) is 6.04 Å². The fourth-order valence-corrected chi connectivity index (χ4v) is 5.28. The Balaban J connectivity index is 1.37. The number of carbonyl (C=O) groups excluding carboxylic acids is 4. The first-order valence-electron chi connectivity index (χ1n) is 15.8. The average molecular weight is 657 g/mol. The third-order valence-corrected chi connectivity index (χ3v) is 7.89. The molecule has 1 aromatic heterocycles. The lowest BCUT2D eigenvalue weighted by atomic mass is 10.1. The Hall–Kier alpha value is -5.59. The van der Waals surface area contributed by atoms with Crippen molar-refractivity contribution in [3.63, 3.8) is 0 Å². The first kappa shape index (κ1) is 33.8. The molecular formula is C35H37FN6O6. The van der Waals surface area contributed by atoms with Gasteiger partial charge in [-0.05, 0) is 73.4 Å². The molecule has 0 radical (unpaired) electrons. The molecule has 0 saturated carbocycles. The van der Waals surface area contributed by atoms with Crippen LogP contribution in [0.4, 0.5) is 4.39 Å². The maximum atomic E-state index is 15.1. The number of rotatable bonds is 3. The summed E-state index contributed by atoms with van der Waals surface area (Å²) < 4.78 is 26.2. The van der Waals surface area contributed by atoms with E-state index in [0.29, 0.717) is 53.7 Å². The van der Waals surface area contributed by atoms with Gasteiger partial charge in [-0.25, -0.2) is 4.39 Å². The Labute approximate surface area is 277 Å². The van der Waals surface area contributed by atoms with E-state index in [0.717, 1.165) is 0 Å². The molecule has 3 N–H and O–H groups in total. The molecule has 0 fully saturated rings. The highest BCUT2D eigenvalue weighted by atomic mass is 19.1. The van der Waals surface area contributed by atoms with Gasteiger partial charge in [0.15, 0.2) is 23.1 Å². The Morgan fingerprint density at radius 1 is 0.958 bits per heavy atom. The van der Waals surface area contributed by atoms with E-state index in [4.69, 9.17) is 9.47 Å². The van der Waals surface area contributed by atoms with Crippen LogP contribution >= 0.6 is 0 Å². The number of aromatic nitrogens is 2. The van der Waals surface area contributed by atoms with E-state index >= 15 is 4.39 Å². The number of carbonyl (C=O) groups is 4. The molecule has 13 heteroatoms. The molecule has 2 aliphatic heterocycles. The van der Waals surface area contributed by atoms with Crippen molar-refractivity contribution in [2.45, 2.75) is 45.2 Å². The number of benzene rings is 3. The van der Waals surface area contributed by atoms with Gasteiger partial charge >= 0.3 is 0 Å². The number of ether oxygens (including phenoxy) is 2. The summed E-state index contributed by atoms with van der Waals surface area (Å²) >= 11 is 0. The van der Waals surface area contributed by atoms with Crippen molar-refractivity contribution in [3.8, 4) is 17.2 Å². The summed E-state index contributed by atoms with van der Waals surface area (Å²) in [4.78, 5) is 62.6. The van der Waals surface area contributed by atoms with Crippen molar-refractivity contribution in [1.82, 2.24) is 30.8 Å². The van der Waals surface area contributed by atoms with E-state index in [1.807, 2.05) is 0 Å². The number of hydrogen-bond donors (Lipinski definition) is 3. The van der Waals surface area contributed by atoms with Gasteiger partial charge in [0.2, 0.25) is 11.8 Å². The predicted molar refractivity (Wildman–Crippen MR) is 175 cm³/mol. The summed E-state index contributed by atoms with van der Waals surface area (Å²) in [7, 11) is 1.44. The maximum Gasteiger partial charge on any atom is 0.253 e. The third-order valence-electron chi connectivity index (χ3n) is 7.89. The van der Waals surface area contributed by atoms with E-state index in [1.165, 1.54) is 25.3 Å². The molecule has 3 aromatic carbocycles. The molecule has 3 heterocycles. The minimum absolute atomic E-state index is 0.0266. The number of fused-ring (bicyclic) bond motifs is 17. The minimum atomic E-state index is -0.786. The normalized spacial score (nSPS) is 16.8. The maximum absolute atomic E-state index is 15.1. The third kappa shape index (κ3) is 8.41. The lowest BCUT2D eigenvalue weighted by molar-refractivity contribution is -0.129. The first-order valence-corrected chi connectivity index (χ1v) is 15.8. The molecule has 4 bridgehead atoms. The fourth-order valence-electron chi connectivity index (χ4n) is 5.28. The van der Waals surface area contributed by atoms with Crippen molar-refractivity contribution in [2.75, 3.05) is 26.7 Å². The molecule has 6 rings (SSSR count). The first-order chi connectivity index (χ1) is 23.2. The van der Waals surface area contributed by atoms with Crippen LogP contribution in [-0.4, -0.2) is 71.3 Å². The van der Waals surface area contributed by atoms with Gasteiger partial charge < -0.3 is 30.3 Å². The van der Waals surface area contributed by atoms with E-state index in [-0.39, 0.29) is 60.8 Å². The highest BCUT2D eigenvalue weighted by Crippen LogP contribution is 2.34. The van der Waals surface area contributed by atoms with Crippen LogP contribution in [0.2, 0.25) is 0 Å². The van der Waals surface area contributed by atoms with Crippen LogP contribution in [0.5, 0.6) is 17.2 Å². The van der Waals surface area contributed by atoms with Gasteiger partial charge in [-0.2, -0.15) is 0 Å². The Kier molecular flexibility index (Phi) is 11.1. The summed E-state index contributed by atoms with van der Waals surface area (Å²) in [6, 6.07) is 13.2. The van der Waals surface area contributed by atoms with Crippen molar-refractivity contribution >= 4 is 34.7 Å². The van der Waals surface area contributed by atoms with Crippen LogP contribution in [0.1, 0.15) is 58.9 Å². The lowest BCUT2D eigenvalue weighted by Crippen LogP contribution is -2.46. The van der Waals surface area contributed by atoms with E-state index in [9.17, 15) is 19.2 Å². The Bertz CT molecular complexity index is 1820. The highest BCUT2D eigenvalue weighted by Gasteiger charge is 2.21. The van der Waals surface area contributed by atoms with Gasteiger partial charge in [0.25, 0.3) is 11.8 Å². The van der Waals surface area contributed by atoms with E-state index in [1.54, 1.807) is 60.6 Å². The molecule has 0 aliphatic carbocycles. The molecule has 4 amide bonds. The van der Waals surface area contributed by atoms with Gasteiger partial charge in [0, 0.05) is 56.1 Å². The summed E-state index contributed by atoms with van der Waals surface area (Å²) in [5, 5.41) is 8.36. The van der Waals surface area contributed by atoms with Gasteiger partial charge in [-0.15, -0.1) is 0 Å².